The zero-order chi connectivity index (χ0) is 18.6. The van der Waals surface area contributed by atoms with Crippen LogP contribution >= 0.6 is 12.6 Å². The first-order valence-corrected chi connectivity index (χ1v) is 9.37. The van der Waals surface area contributed by atoms with Gasteiger partial charge in [0.25, 0.3) is 5.91 Å². The molecule has 0 atom stereocenters. The Labute approximate surface area is 159 Å². The van der Waals surface area contributed by atoms with Crippen LogP contribution in [0.3, 0.4) is 0 Å². The molecule has 0 saturated heterocycles. The maximum absolute atomic E-state index is 12.0. The molecule has 0 spiro atoms. The molecule has 0 saturated carbocycles. The van der Waals surface area contributed by atoms with E-state index in [9.17, 15) is 9.59 Å². The number of aromatic nitrogens is 2. The summed E-state index contributed by atoms with van der Waals surface area (Å²) in [5.41, 5.74) is 1.29. The summed E-state index contributed by atoms with van der Waals surface area (Å²) in [5.74, 6) is 0.683. The van der Waals surface area contributed by atoms with Crippen LogP contribution in [0.15, 0.2) is 42.7 Å². The molecule has 1 heterocycles. The molecule has 0 bridgehead atoms. The van der Waals surface area contributed by atoms with E-state index in [1.165, 1.54) is 12.4 Å². The molecule has 1 aromatic heterocycles. The molecule has 26 heavy (non-hydrogen) atoms. The van der Waals surface area contributed by atoms with Gasteiger partial charge in [0.2, 0.25) is 11.9 Å². The van der Waals surface area contributed by atoms with E-state index < -0.39 is 0 Å². The van der Waals surface area contributed by atoms with Gasteiger partial charge in [0.15, 0.2) is 0 Å². The van der Waals surface area contributed by atoms with Gasteiger partial charge in [0, 0.05) is 18.9 Å². The normalized spacial score (nSPS) is 10.3. The molecular formula is C19H24N4O2S. The van der Waals surface area contributed by atoms with Crippen molar-refractivity contribution in [3.05, 3.63) is 53.9 Å². The van der Waals surface area contributed by atoms with Gasteiger partial charge in [-0.3, -0.25) is 14.9 Å². The summed E-state index contributed by atoms with van der Waals surface area (Å²) >= 11 is 4.17. The lowest BCUT2D eigenvalue weighted by molar-refractivity contribution is -0.115. The zero-order valence-electron chi connectivity index (χ0n) is 14.6. The number of thiol groups is 1. The van der Waals surface area contributed by atoms with Gasteiger partial charge in [0.1, 0.15) is 0 Å². The third-order valence-electron chi connectivity index (χ3n) is 3.74. The number of unbranched alkanes of at least 4 members (excludes halogenated alkanes) is 3. The highest BCUT2D eigenvalue weighted by Crippen LogP contribution is 2.04. The van der Waals surface area contributed by atoms with E-state index in [4.69, 9.17) is 0 Å². The van der Waals surface area contributed by atoms with E-state index in [0.717, 1.165) is 37.0 Å². The second-order valence-corrected chi connectivity index (χ2v) is 6.35. The molecule has 0 unspecified atom stereocenters. The van der Waals surface area contributed by atoms with Gasteiger partial charge in [-0.2, -0.15) is 12.6 Å². The van der Waals surface area contributed by atoms with Crippen molar-refractivity contribution >= 4 is 30.4 Å². The van der Waals surface area contributed by atoms with E-state index in [2.05, 4.69) is 33.2 Å². The van der Waals surface area contributed by atoms with Crippen molar-refractivity contribution < 1.29 is 9.59 Å². The van der Waals surface area contributed by atoms with E-state index >= 15 is 0 Å². The van der Waals surface area contributed by atoms with Crippen molar-refractivity contribution in [3.8, 4) is 0 Å². The van der Waals surface area contributed by atoms with E-state index in [1.807, 2.05) is 30.3 Å². The van der Waals surface area contributed by atoms with Crippen molar-refractivity contribution in [1.82, 2.24) is 15.3 Å². The van der Waals surface area contributed by atoms with Crippen molar-refractivity contribution in [2.45, 2.75) is 32.1 Å². The molecule has 2 amide bonds. The van der Waals surface area contributed by atoms with Crippen LogP contribution in [0.25, 0.3) is 0 Å². The van der Waals surface area contributed by atoms with Crippen LogP contribution in [-0.2, 0) is 11.2 Å². The number of nitrogens with one attached hydrogen (secondary N) is 2. The van der Waals surface area contributed by atoms with Crippen LogP contribution in [0.2, 0.25) is 0 Å². The Hall–Kier alpha value is -2.41. The van der Waals surface area contributed by atoms with Crippen LogP contribution in [0, 0.1) is 0 Å². The van der Waals surface area contributed by atoms with E-state index in [-0.39, 0.29) is 24.2 Å². The second-order valence-electron chi connectivity index (χ2n) is 5.90. The molecular weight excluding hydrogens is 348 g/mol. The average Bonchev–Trinajstić information content (AvgIpc) is 2.65. The highest BCUT2D eigenvalue weighted by Gasteiger charge is 2.09. The Balaban J connectivity index is 1.74. The summed E-state index contributed by atoms with van der Waals surface area (Å²) in [6, 6.07) is 9.43. The smallest absolute Gasteiger partial charge is 0.254 e. The molecule has 6 nitrogen and oxygen atoms in total. The highest BCUT2D eigenvalue weighted by atomic mass is 32.1. The fraction of sp³-hybridized carbons (Fsp3) is 0.368. The molecule has 0 aliphatic heterocycles. The SMILES string of the molecule is O=C(Cc1ccccc1)Nc1ncc(C(=O)NCCCCCCS)cn1. The minimum Gasteiger partial charge on any atom is -0.352 e. The lowest BCUT2D eigenvalue weighted by Crippen LogP contribution is -2.25. The fourth-order valence-electron chi connectivity index (χ4n) is 2.35. The van der Waals surface area contributed by atoms with Crippen molar-refractivity contribution in [2.75, 3.05) is 17.6 Å². The zero-order valence-corrected chi connectivity index (χ0v) is 15.5. The maximum Gasteiger partial charge on any atom is 0.254 e. The number of carbonyl (C=O) groups is 2. The molecule has 1 aromatic carbocycles. The fourth-order valence-corrected chi connectivity index (χ4v) is 2.58. The van der Waals surface area contributed by atoms with E-state index in [1.54, 1.807) is 0 Å². The van der Waals surface area contributed by atoms with Crippen molar-refractivity contribution in [1.29, 1.82) is 0 Å². The minimum atomic E-state index is -0.207. The molecule has 0 radical (unpaired) electrons. The number of anilines is 1. The number of hydrogen-bond donors (Lipinski definition) is 3. The third-order valence-corrected chi connectivity index (χ3v) is 4.06. The third kappa shape index (κ3) is 7.23. The summed E-state index contributed by atoms with van der Waals surface area (Å²) in [4.78, 5) is 32.1. The molecule has 138 valence electrons. The van der Waals surface area contributed by atoms with Crippen LogP contribution in [-0.4, -0.2) is 34.1 Å². The Morgan fingerprint density at radius 2 is 1.65 bits per heavy atom. The van der Waals surface area contributed by atoms with Gasteiger partial charge in [0.05, 0.1) is 12.0 Å². The molecule has 0 aliphatic rings. The number of carbonyl (C=O) groups excluding carboxylic acids is 2. The van der Waals surface area contributed by atoms with Crippen LogP contribution in [0.5, 0.6) is 0 Å². The summed E-state index contributed by atoms with van der Waals surface area (Å²) in [5, 5.41) is 5.47. The molecule has 0 aliphatic carbocycles. The summed E-state index contributed by atoms with van der Waals surface area (Å²) < 4.78 is 0. The lowest BCUT2D eigenvalue weighted by Gasteiger charge is -2.06. The van der Waals surface area contributed by atoms with Crippen LogP contribution in [0.4, 0.5) is 5.95 Å². The topological polar surface area (TPSA) is 84.0 Å². The number of amides is 2. The first kappa shape index (κ1) is 19.9. The van der Waals surface area contributed by atoms with Gasteiger partial charge < -0.3 is 5.32 Å². The minimum absolute atomic E-state index is 0.189. The summed E-state index contributed by atoms with van der Waals surface area (Å²) in [7, 11) is 0. The average molecular weight is 372 g/mol. The monoisotopic (exact) mass is 372 g/mol. The first-order valence-electron chi connectivity index (χ1n) is 8.74. The van der Waals surface area contributed by atoms with Gasteiger partial charge in [-0.05, 0) is 24.2 Å². The first-order chi connectivity index (χ1) is 12.7. The number of hydrogen-bond acceptors (Lipinski definition) is 5. The Bertz CT molecular complexity index is 692. The number of benzene rings is 1. The molecule has 2 N–H and O–H groups in total. The van der Waals surface area contributed by atoms with Gasteiger partial charge in [-0.25, -0.2) is 9.97 Å². The Morgan fingerprint density at radius 1 is 0.962 bits per heavy atom. The number of nitrogens with zero attached hydrogens (tertiary/aromatic N) is 2. The molecule has 0 fully saturated rings. The second kappa shape index (κ2) is 11.3. The number of rotatable bonds is 10. The quantitative estimate of drug-likeness (QED) is 0.442. The van der Waals surface area contributed by atoms with Crippen LogP contribution < -0.4 is 10.6 Å². The van der Waals surface area contributed by atoms with Gasteiger partial charge >= 0.3 is 0 Å². The summed E-state index contributed by atoms with van der Waals surface area (Å²) in [6.45, 7) is 0.626. The lowest BCUT2D eigenvalue weighted by atomic mass is 10.1. The Morgan fingerprint density at radius 3 is 2.35 bits per heavy atom. The summed E-state index contributed by atoms with van der Waals surface area (Å²) in [6.07, 6.45) is 7.32. The van der Waals surface area contributed by atoms with Crippen LogP contribution in [0.1, 0.15) is 41.6 Å². The predicted molar refractivity (Wildman–Crippen MR) is 105 cm³/mol. The van der Waals surface area contributed by atoms with Gasteiger partial charge in [-0.1, -0.05) is 43.2 Å². The molecule has 2 rings (SSSR count). The maximum atomic E-state index is 12.0. The molecule has 2 aromatic rings. The van der Waals surface area contributed by atoms with Gasteiger partial charge in [-0.15, -0.1) is 0 Å². The largest absolute Gasteiger partial charge is 0.352 e. The van der Waals surface area contributed by atoms with E-state index in [0.29, 0.717) is 12.1 Å². The Kier molecular flexibility index (Phi) is 8.62. The standard InChI is InChI=1S/C19H24N4O2S/c24-17(12-15-8-4-3-5-9-15)23-19-21-13-16(14-22-19)18(25)20-10-6-1-2-7-11-26/h3-5,8-9,13-14,26H,1-2,6-7,10-12H2,(H,20,25)(H,21,22,23,24). The van der Waals surface area contributed by atoms with Crippen molar-refractivity contribution in [3.63, 3.8) is 0 Å². The highest BCUT2D eigenvalue weighted by molar-refractivity contribution is 7.80. The predicted octanol–water partition coefficient (Wildman–Crippen LogP) is 2.88. The molecule has 7 heteroatoms. The van der Waals surface area contributed by atoms with Crippen molar-refractivity contribution in [2.24, 2.45) is 0 Å².